The maximum Gasteiger partial charge on any atom is 0.407 e. The Hall–Kier alpha value is -3.49. The third-order valence-electron chi connectivity index (χ3n) is 6.45. The summed E-state index contributed by atoms with van der Waals surface area (Å²) in [6, 6.07) is 14.4. The molecule has 2 N–H and O–H groups in total. The zero-order chi connectivity index (χ0) is 24.5. The second-order valence-electron chi connectivity index (χ2n) is 8.82. The fourth-order valence-corrected chi connectivity index (χ4v) is 4.72. The molecule has 1 aliphatic heterocycles. The fourth-order valence-electron chi connectivity index (χ4n) is 4.72. The number of carbonyl (C=O) groups is 3. The number of alkyl carbamates (subject to hydrolysis) is 1. The number of benzene rings is 2. The number of halogens is 2. The number of likely N-dealkylation sites (tertiary alicyclic amines) is 1. The standard InChI is InChI=1S/C25H26F2N2O5/c1-15(22(30)29-14-25(26,27)12-21(29)23(31)32)10-11-28-24(33)34-13-20-18-8-4-2-6-16(18)17-7-3-5-9-19(17)20/h2-9,15,20-21H,10-14H2,1H3,(H,28,33)(H,31,32)/t15?,21-/m1/s1. The van der Waals surface area contributed by atoms with E-state index in [-0.39, 0.29) is 25.5 Å². The molecular weight excluding hydrogens is 446 g/mol. The van der Waals surface area contributed by atoms with Gasteiger partial charge < -0.3 is 20.1 Å². The smallest absolute Gasteiger partial charge is 0.407 e. The lowest BCUT2D eigenvalue weighted by Crippen LogP contribution is -2.44. The van der Waals surface area contributed by atoms with Crippen LogP contribution in [0.4, 0.5) is 13.6 Å². The van der Waals surface area contributed by atoms with E-state index in [0.29, 0.717) is 0 Å². The summed E-state index contributed by atoms with van der Waals surface area (Å²) >= 11 is 0. The molecule has 2 atom stereocenters. The summed E-state index contributed by atoms with van der Waals surface area (Å²) < 4.78 is 32.7. The number of nitrogens with zero attached hydrogens (tertiary/aromatic N) is 1. The molecule has 2 aliphatic rings. The van der Waals surface area contributed by atoms with Crippen LogP contribution in [0.1, 0.15) is 36.8 Å². The molecule has 180 valence electrons. The number of alkyl halides is 2. The van der Waals surface area contributed by atoms with Crippen molar-refractivity contribution < 1.29 is 33.0 Å². The molecule has 34 heavy (non-hydrogen) atoms. The van der Waals surface area contributed by atoms with Gasteiger partial charge in [-0.2, -0.15) is 0 Å². The lowest BCUT2D eigenvalue weighted by Gasteiger charge is -2.24. The Morgan fingerprint density at radius 3 is 2.29 bits per heavy atom. The molecule has 2 aromatic rings. The quantitative estimate of drug-likeness (QED) is 0.638. The lowest BCUT2D eigenvalue weighted by molar-refractivity contribution is -0.149. The summed E-state index contributed by atoms with van der Waals surface area (Å²) in [6.07, 6.45) is -1.37. The van der Waals surface area contributed by atoms with Crippen molar-refractivity contribution in [2.45, 2.75) is 37.6 Å². The summed E-state index contributed by atoms with van der Waals surface area (Å²) in [5.74, 6) is -6.15. The van der Waals surface area contributed by atoms with E-state index in [1.54, 1.807) is 0 Å². The number of nitrogens with one attached hydrogen (secondary N) is 1. The summed E-state index contributed by atoms with van der Waals surface area (Å²) in [6.45, 7) is 0.854. The third-order valence-corrected chi connectivity index (χ3v) is 6.45. The molecule has 1 aliphatic carbocycles. The first-order chi connectivity index (χ1) is 16.2. The Balaban J connectivity index is 1.27. The Kier molecular flexibility index (Phi) is 6.54. The molecule has 0 bridgehead atoms. The summed E-state index contributed by atoms with van der Waals surface area (Å²) in [4.78, 5) is 36.8. The van der Waals surface area contributed by atoms with E-state index < -0.39 is 48.8 Å². The van der Waals surface area contributed by atoms with Crippen molar-refractivity contribution in [1.29, 1.82) is 0 Å². The molecule has 7 nitrogen and oxygen atoms in total. The van der Waals surface area contributed by atoms with Crippen LogP contribution >= 0.6 is 0 Å². The van der Waals surface area contributed by atoms with Crippen molar-refractivity contribution in [2.24, 2.45) is 5.92 Å². The van der Waals surface area contributed by atoms with E-state index in [1.165, 1.54) is 6.92 Å². The molecule has 0 aromatic heterocycles. The lowest BCUT2D eigenvalue weighted by atomic mass is 9.98. The monoisotopic (exact) mass is 472 g/mol. The summed E-state index contributed by atoms with van der Waals surface area (Å²) in [5, 5.41) is 11.8. The van der Waals surface area contributed by atoms with Gasteiger partial charge in [-0.1, -0.05) is 55.5 Å². The minimum Gasteiger partial charge on any atom is -0.480 e. The van der Waals surface area contributed by atoms with Crippen molar-refractivity contribution in [1.82, 2.24) is 10.2 Å². The van der Waals surface area contributed by atoms with E-state index in [4.69, 9.17) is 9.84 Å². The normalized spacial score (nSPS) is 19.3. The number of ether oxygens (including phenoxy) is 1. The van der Waals surface area contributed by atoms with Crippen LogP contribution in [0.25, 0.3) is 11.1 Å². The zero-order valence-electron chi connectivity index (χ0n) is 18.7. The van der Waals surface area contributed by atoms with Crippen LogP contribution in [0.2, 0.25) is 0 Å². The van der Waals surface area contributed by atoms with Crippen molar-refractivity contribution >= 4 is 18.0 Å². The average molecular weight is 472 g/mol. The van der Waals surface area contributed by atoms with Gasteiger partial charge in [0.05, 0.1) is 6.54 Å². The number of carbonyl (C=O) groups excluding carboxylic acids is 2. The molecular formula is C25H26F2N2O5. The highest BCUT2D eigenvalue weighted by Crippen LogP contribution is 2.44. The molecule has 1 saturated heterocycles. The Labute approximate surface area is 195 Å². The fraction of sp³-hybridized carbons (Fsp3) is 0.400. The van der Waals surface area contributed by atoms with Gasteiger partial charge in [-0.05, 0) is 28.7 Å². The van der Waals surface area contributed by atoms with E-state index in [1.807, 2.05) is 48.5 Å². The number of fused-ring (bicyclic) bond motifs is 3. The molecule has 9 heteroatoms. The van der Waals surface area contributed by atoms with Gasteiger partial charge in [-0.15, -0.1) is 0 Å². The summed E-state index contributed by atoms with van der Waals surface area (Å²) in [5.41, 5.74) is 4.41. The van der Waals surface area contributed by atoms with Gasteiger partial charge in [-0.25, -0.2) is 18.4 Å². The Bertz CT molecular complexity index is 1060. The number of hydrogen-bond acceptors (Lipinski definition) is 4. The van der Waals surface area contributed by atoms with Gasteiger partial charge >= 0.3 is 12.1 Å². The second-order valence-corrected chi connectivity index (χ2v) is 8.82. The van der Waals surface area contributed by atoms with Gasteiger partial charge in [0.15, 0.2) is 0 Å². The maximum atomic E-state index is 13.7. The molecule has 0 radical (unpaired) electrons. The molecule has 2 aromatic carbocycles. The number of aliphatic carboxylic acids is 1. The van der Waals surface area contributed by atoms with Crippen molar-refractivity contribution in [3.8, 4) is 11.1 Å². The molecule has 2 amide bonds. The van der Waals surface area contributed by atoms with Crippen molar-refractivity contribution in [3.05, 3.63) is 59.7 Å². The maximum absolute atomic E-state index is 13.7. The SMILES string of the molecule is CC(CCNC(=O)OCC1c2ccccc2-c2ccccc21)C(=O)N1CC(F)(F)C[C@@H]1C(=O)O. The number of hydrogen-bond donors (Lipinski definition) is 2. The van der Waals surface area contributed by atoms with Crippen LogP contribution in [0.15, 0.2) is 48.5 Å². The van der Waals surface area contributed by atoms with Gasteiger partial charge in [0.25, 0.3) is 5.92 Å². The molecule has 1 unspecified atom stereocenters. The van der Waals surface area contributed by atoms with Crippen LogP contribution < -0.4 is 5.32 Å². The van der Waals surface area contributed by atoms with Crippen LogP contribution in [0.3, 0.4) is 0 Å². The van der Waals surface area contributed by atoms with Gasteiger partial charge in [0.2, 0.25) is 5.91 Å². The molecule has 1 fully saturated rings. The number of carboxylic acids is 1. The van der Waals surface area contributed by atoms with Gasteiger partial charge in [0, 0.05) is 24.8 Å². The first kappa shape index (κ1) is 23.7. The minimum atomic E-state index is -3.22. The topological polar surface area (TPSA) is 95.9 Å². The predicted molar refractivity (Wildman–Crippen MR) is 120 cm³/mol. The highest BCUT2D eigenvalue weighted by Gasteiger charge is 2.50. The van der Waals surface area contributed by atoms with Crippen LogP contribution in [-0.4, -0.2) is 59.6 Å². The first-order valence-corrected chi connectivity index (χ1v) is 11.2. The van der Waals surface area contributed by atoms with Gasteiger partial charge in [0.1, 0.15) is 12.6 Å². The number of rotatable bonds is 7. The van der Waals surface area contributed by atoms with E-state index in [9.17, 15) is 23.2 Å². The van der Waals surface area contributed by atoms with Crippen molar-refractivity contribution in [3.63, 3.8) is 0 Å². The molecule has 1 heterocycles. The predicted octanol–water partition coefficient (Wildman–Crippen LogP) is 3.87. The molecule has 4 rings (SSSR count). The second kappa shape index (κ2) is 9.40. The van der Waals surface area contributed by atoms with E-state index >= 15 is 0 Å². The first-order valence-electron chi connectivity index (χ1n) is 11.2. The zero-order valence-corrected chi connectivity index (χ0v) is 18.7. The van der Waals surface area contributed by atoms with Crippen LogP contribution in [0.5, 0.6) is 0 Å². The van der Waals surface area contributed by atoms with E-state index in [0.717, 1.165) is 27.2 Å². The van der Waals surface area contributed by atoms with Gasteiger partial charge in [-0.3, -0.25) is 4.79 Å². The molecule has 0 spiro atoms. The molecule has 0 saturated carbocycles. The van der Waals surface area contributed by atoms with Crippen LogP contribution in [-0.2, 0) is 14.3 Å². The summed E-state index contributed by atoms with van der Waals surface area (Å²) in [7, 11) is 0. The van der Waals surface area contributed by atoms with Crippen molar-refractivity contribution in [2.75, 3.05) is 19.7 Å². The average Bonchev–Trinajstić information content (AvgIpc) is 3.31. The highest BCUT2D eigenvalue weighted by atomic mass is 19.3. The third kappa shape index (κ3) is 4.73. The highest BCUT2D eigenvalue weighted by molar-refractivity contribution is 5.86. The van der Waals surface area contributed by atoms with Crippen LogP contribution in [0, 0.1) is 5.92 Å². The number of carboxylic acid groups (broad SMARTS) is 1. The Morgan fingerprint density at radius 1 is 1.12 bits per heavy atom. The Morgan fingerprint density at radius 2 is 1.71 bits per heavy atom. The van der Waals surface area contributed by atoms with E-state index in [2.05, 4.69) is 5.32 Å². The largest absolute Gasteiger partial charge is 0.480 e. The minimum absolute atomic E-state index is 0.0802. The number of amides is 2.